The van der Waals surface area contributed by atoms with E-state index in [-0.39, 0.29) is 5.56 Å². The van der Waals surface area contributed by atoms with Gasteiger partial charge in [0.05, 0.1) is 5.56 Å². The molecule has 4 heteroatoms. The number of nitrogens with one attached hydrogen (secondary N) is 1. The molecule has 0 saturated heterocycles. The second-order valence-corrected chi connectivity index (χ2v) is 7.28. The van der Waals surface area contributed by atoms with E-state index < -0.39 is 5.97 Å². The summed E-state index contributed by atoms with van der Waals surface area (Å²) in [6.07, 6.45) is 0. The number of hydrogen-bond donors (Lipinski definition) is 2. The predicted octanol–water partition coefficient (Wildman–Crippen LogP) is 6.04. The van der Waals surface area contributed by atoms with Gasteiger partial charge in [-0.2, -0.15) is 0 Å². The zero-order valence-electron chi connectivity index (χ0n) is 16.8. The number of carbonyl (C=O) groups is 1. The molecule has 0 aromatic heterocycles. The van der Waals surface area contributed by atoms with Crippen LogP contribution in [0.2, 0.25) is 0 Å². The molecule has 4 nitrogen and oxygen atoms in total. The molecule has 0 heterocycles. The molecular weight excluding hydrogens is 374 g/mol. The molecule has 4 rings (SSSR count). The number of carboxylic acid groups (broad SMARTS) is 1. The third-order valence-corrected chi connectivity index (χ3v) is 5.09. The Labute approximate surface area is 175 Å². The van der Waals surface area contributed by atoms with Crippen molar-refractivity contribution in [2.75, 3.05) is 5.32 Å². The van der Waals surface area contributed by atoms with E-state index in [1.807, 2.05) is 24.3 Å². The summed E-state index contributed by atoms with van der Waals surface area (Å²) in [7, 11) is 0. The van der Waals surface area contributed by atoms with Gasteiger partial charge in [-0.3, -0.25) is 0 Å². The van der Waals surface area contributed by atoms with Gasteiger partial charge in [-0.1, -0.05) is 66.2 Å². The van der Waals surface area contributed by atoms with Crippen LogP contribution in [0.15, 0.2) is 84.9 Å². The quantitative estimate of drug-likeness (QED) is 0.399. The highest BCUT2D eigenvalue weighted by Gasteiger charge is 2.10. The molecule has 2 N–H and O–H groups in total. The fourth-order valence-corrected chi connectivity index (χ4v) is 3.43. The Morgan fingerprint density at radius 1 is 0.933 bits per heavy atom. The van der Waals surface area contributed by atoms with Crippen molar-refractivity contribution in [2.45, 2.75) is 20.1 Å². The predicted molar refractivity (Wildman–Crippen MR) is 120 cm³/mol. The van der Waals surface area contributed by atoms with E-state index in [0.717, 1.165) is 33.3 Å². The molecule has 30 heavy (non-hydrogen) atoms. The van der Waals surface area contributed by atoms with Crippen molar-refractivity contribution < 1.29 is 14.6 Å². The second-order valence-electron chi connectivity index (χ2n) is 7.28. The highest BCUT2D eigenvalue weighted by molar-refractivity contribution is 5.89. The molecular formula is C26H23NO3. The fraction of sp³-hybridized carbons (Fsp3) is 0.115. The largest absolute Gasteiger partial charge is 0.489 e. The van der Waals surface area contributed by atoms with E-state index >= 15 is 0 Å². The molecule has 0 spiro atoms. The molecule has 0 saturated carbocycles. The van der Waals surface area contributed by atoms with Crippen LogP contribution in [-0.4, -0.2) is 11.1 Å². The number of benzene rings is 4. The lowest BCUT2D eigenvalue weighted by atomic mass is 10.0. The van der Waals surface area contributed by atoms with Gasteiger partial charge in [0.25, 0.3) is 0 Å². The Balaban J connectivity index is 1.61. The Bertz CT molecular complexity index is 1180. The summed E-state index contributed by atoms with van der Waals surface area (Å²) in [6, 6.07) is 27.4. The van der Waals surface area contributed by atoms with Crippen LogP contribution in [0.25, 0.3) is 10.8 Å². The number of carboxylic acids is 1. The van der Waals surface area contributed by atoms with Crippen molar-refractivity contribution in [3.8, 4) is 5.75 Å². The van der Waals surface area contributed by atoms with Gasteiger partial charge in [0.2, 0.25) is 0 Å². The minimum absolute atomic E-state index is 0.258. The summed E-state index contributed by atoms with van der Waals surface area (Å²) >= 11 is 0. The summed E-state index contributed by atoms with van der Waals surface area (Å²) in [6.45, 7) is 3.07. The van der Waals surface area contributed by atoms with Gasteiger partial charge in [0.15, 0.2) is 0 Å². The molecule has 0 aliphatic heterocycles. The Kier molecular flexibility index (Phi) is 5.66. The third kappa shape index (κ3) is 4.44. The van der Waals surface area contributed by atoms with Gasteiger partial charge in [-0.05, 0) is 47.5 Å². The number of rotatable bonds is 7. The topological polar surface area (TPSA) is 58.6 Å². The van der Waals surface area contributed by atoms with Crippen molar-refractivity contribution in [2.24, 2.45) is 0 Å². The summed E-state index contributed by atoms with van der Waals surface area (Å²) in [5, 5.41) is 14.8. The first-order valence-corrected chi connectivity index (χ1v) is 9.86. The molecule has 0 unspecified atom stereocenters. The number of aryl methyl sites for hydroxylation is 1. The van der Waals surface area contributed by atoms with E-state index in [9.17, 15) is 9.90 Å². The van der Waals surface area contributed by atoms with E-state index in [1.165, 1.54) is 5.56 Å². The zero-order chi connectivity index (χ0) is 20.9. The molecule has 4 aromatic carbocycles. The lowest BCUT2D eigenvalue weighted by Gasteiger charge is -2.16. The molecule has 0 amide bonds. The van der Waals surface area contributed by atoms with Crippen LogP contribution in [-0.2, 0) is 13.2 Å². The first kappa shape index (κ1) is 19.5. The SMILES string of the molecule is Cc1ccc(COc2ccc3ccccc3c2CNc2cccc(C(=O)O)c2)cc1. The Morgan fingerprint density at radius 2 is 1.73 bits per heavy atom. The summed E-state index contributed by atoms with van der Waals surface area (Å²) in [4.78, 5) is 11.2. The monoisotopic (exact) mass is 397 g/mol. The van der Waals surface area contributed by atoms with Crippen LogP contribution in [0.1, 0.15) is 27.0 Å². The molecule has 150 valence electrons. The maximum absolute atomic E-state index is 11.2. The summed E-state index contributed by atoms with van der Waals surface area (Å²) in [5.41, 5.74) is 4.39. The lowest BCUT2D eigenvalue weighted by molar-refractivity contribution is 0.0697. The highest BCUT2D eigenvalue weighted by Crippen LogP contribution is 2.30. The Morgan fingerprint density at radius 3 is 2.53 bits per heavy atom. The number of anilines is 1. The van der Waals surface area contributed by atoms with Crippen LogP contribution in [0, 0.1) is 6.92 Å². The van der Waals surface area contributed by atoms with Crippen LogP contribution in [0.4, 0.5) is 5.69 Å². The van der Waals surface area contributed by atoms with Gasteiger partial charge in [0, 0.05) is 17.8 Å². The van der Waals surface area contributed by atoms with Gasteiger partial charge < -0.3 is 15.2 Å². The van der Waals surface area contributed by atoms with E-state index in [4.69, 9.17) is 4.74 Å². The van der Waals surface area contributed by atoms with Crippen molar-refractivity contribution in [1.82, 2.24) is 0 Å². The van der Waals surface area contributed by atoms with Gasteiger partial charge in [0.1, 0.15) is 12.4 Å². The van der Waals surface area contributed by atoms with E-state index in [0.29, 0.717) is 13.2 Å². The average Bonchev–Trinajstić information content (AvgIpc) is 2.77. The maximum atomic E-state index is 11.2. The van der Waals surface area contributed by atoms with Crippen LogP contribution in [0.3, 0.4) is 0 Å². The molecule has 0 bridgehead atoms. The van der Waals surface area contributed by atoms with Crippen LogP contribution >= 0.6 is 0 Å². The highest BCUT2D eigenvalue weighted by atomic mass is 16.5. The second kappa shape index (κ2) is 8.70. The standard InChI is InChI=1S/C26H23NO3/c1-18-9-11-19(12-10-18)17-30-25-14-13-20-5-2-3-8-23(20)24(25)16-27-22-7-4-6-21(15-22)26(28)29/h2-15,27H,16-17H2,1H3,(H,28,29). The summed E-state index contributed by atoms with van der Waals surface area (Å²) < 4.78 is 6.19. The third-order valence-electron chi connectivity index (χ3n) is 5.09. The number of aromatic carboxylic acids is 1. The molecule has 0 aliphatic carbocycles. The van der Waals surface area contributed by atoms with Crippen molar-refractivity contribution in [3.05, 3.63) is 107 Å². The number of hydrogen-bond acceptors (Lipinski definition) is 3. The first-order chi connectivity index (χ1) is 14.6. The van der Waals surface area contributed by atoms with Crippen molar-refractivity contribution >= 4 is 22.4 Å². The van der Waals surface area contributed by atoms with Crippen molar-refractivity contribution in [3.63, 3.8) is 0 Å². The number of fused-ring (bicyclic) bond motifs is 1. The molecule has 0 atom stereocenters. The normalized spacial score (nSPS) is 10.7. The smallest absolute Gasteiger partial charge is 0.335 e. The molecule has 0 aliphatic rings. The maximum Gasteiger partial charge on any atom is 0.335 e. The molecule has 4 aromatic rings. The molecule has 0 radical (unpaired) electrons. The lowest BCUT2D eigenvalue weighted by Crippen LogP contribution is -2.05. The minimum atomic E-state index is -0.939. The summed E-state index contributed by atoms with van der Waals surface area (Å²) in [5.74, 6) is -0.123. The van der Waals surface area contributed by atoms with E-state index in [1.54, 1.807) is 18.2 Å². The van der Waals surface area contributed by atoms with Crippen molar-refractivity contribution in [1.29, 1.82) is 0 Å². The average molecular weight is 397 g/mol. The van der Waals surface area contributed by atoms with Gasteiger partial charge >= 0.3 is 5.97 Å². The minimum Gasteiger partial charge on any atom is -0.489 e. The van der Waals surface area contributed by atoms with E-state index in [2.05, 4.69) is 54.7 Å². The van der Waals surface area contributed by atoms with Crippen LogP contribution in [0.5, 0.6) is 5.75 Å². The van der Waals surface area contributed by atoms with Gasteiger partial charge in [-0.25, -0.2) is 4.79 Å². The molecule has 0 fully saturated rings. The van der Waals surface area contributed by atoms with Crippen LogP contribution < -0.4 is 10.1 Å². The number of ether oxygens (including phenoxy) is 1. The fourth-order valence-electron chi connectivity index (χ4n) is 3.43. The van der Waals surface area contributed by atoms with Gasteiger partial charge in [-0.15, -0.1) is 0 Å². The Hall–Kier alpha value is -3.79. The first-order valence-electron chi connectivity index (χ1n) is 9.86. The zero-order valence-corrected chi connectivity index (χ0v) is 16.8.